The molecule has 1 heterocycles. The van der Waals surface area contributed by atoms with Crippen LogP contribution in [0.5, 0.6) is 5.75 Å². The van der Waals surface area contributed by atoms with Crippen LogP contribution in [0.1, 0.15) is 22.6 Å². The second kappa shape index (κ2) is 5.86. The fourth-order valence-electron chi connectivity index (χ4n) is 2.45. The molecule has 3 rings (SSSR count). The van der Waals surface area contributed by atoms with Gasteiger partial charge in [-0.1, -0.05) is 24.3 Å². The van der Waals surface area contributed by atoms with E-state index in [0.717, 1.165) is 11.6 Å². The molecule has 0 radical (unpaired) electrons. The SMILES string of the molecule is N#Cc1ccc(CNC(=O)[C@@H]2COc3ccccc32)c(F)c1. The van der Waals surface area contributed by atoms with Crippen molar-refractivity contribution in [2.24, 2.45) is 0 Å². The van der Waals surface area contributed by atoms with E-state index in [9.17, 15) is 9.18 Å². The Morgan fingerprint density at radius 1 is 1.36 bits per heavy atom. The molecule has 0 unspecified atom stereocenters. The third-order valence-electron chi connectivity index (χ3n) is 3.65. The summed E-state index contributed by atoms with van der Waals surface area (Å²) in [6.07, 6.45) is 0. The molecular weight excluding hydrogens is 283 g/mol. The first-order chi connectivity index (χ1) is 10.7. The Bertz CT molecular complexity index is 767. The lowest BCUT2D eigenvalue weighted by molar-refractivity contribution is -0.122. The second-order valence-electron chi connectivity index (χ2n) is 5.04. The Morgan fingerprint density at radius 3 is 2.95 bits per heavy atom. The Balaban J connectivity index is 1.68. The average Bonchev–Trinajstić information content (AvgIpc) is 2.97. The van der Waals surface area contributed by atoms with Crippen molar-refractivity contribution in [3.8, 4) is 11.8 Å². The molecule has 1 atom stereocenters. The zero-order valence-corrected chi connectivity index (χ0v) is 11.7. The van der Waals surface area contributed by atoms with E-state index in [1.807, 2.05) is 30.3 Å². The summed E-state index contributed by atoms with van der Waals surface area (Å²) in [5.74, 6) is -0.360. The molecule has 0 bridgehead atoms. The van der Waals surface area contributed by atoms with E-state index in [2.05, 4.69) is 5.32 Å². The molecule has 1 amide bonds. The molecule has 2 aromatic carbocycles. The quantitative estimate of drug-likeness (QED) is 0.946. The zero-order valence-electron chi connectivity index (χ0n) is 11.7. The van der Waals surface area contributed by atoms with Crippen LogP contribution >= 0.6 is 0 Å². The van der Waals surface area contributed by atoms with Crippen LogP contribution in [0.2, 0.25) is 0 Å². The van der Waals surface area contributed by atoms with E-state index in [0.29, 0.717) is 17.9 Å². The number of hydrogen-bond donors (Lipinski definition) is 1. The highest BCUT2D eigenvalue weighted by Gasteiger charge is 2.29. The van der Waals surface area contributed by atoms with Gasteiger partial charge in [-0.2, -0.15) is 5.26 Å². The van der Waals surface area contributed by atoms with Crippen LogP contribution in [-0.2, 0) is 11.3 Å². The number of fused-ring (bicyclic) bond motifs is 1. The van der Waals surface area contributed by atoms with Crippen molar-refractivity contribution in [1.82, 2.24) is 5.32 Å². The number of ether oxygens (including phenoxy) is 1. The largest absolute Gasteiger partial charge is 0.492 e. The summed E-state index contributed by atoms with van der Waals surface area (Å²) in [6.45, 7) is 0.371. The number of hydrogen-bond acceptors (Lipinski definition) is 3. The topological polar surface area (TPSA) is 62.1 Å². The fourth-order valence-corrected chi connectivity index (χ4v) is 2.45. The number of nitrogens with one attached hydrogen (secondary N) is 1. The van der Waals surface area contributed by atoms with Gasteiger partial charge in [-0.05, 0) is 18.2 Å². The molecule has 4 nitrogen and oxygen atoms in total. The standard InChI is InChI=1S/C17H13FN2O2/c18-15-7-11(8-19)5-6-12(15)9-20-17(21)14-10-22-16-4-2-1-3-13(14)16/h1-7,14H,9-10H2,(H,20,21)/t14-/m1/s1. The van der Waals surface area contributed by atoms with E-state index >= 15 is 0 Å². The van der Waals surface area contributed by atoms with Gasteiger partial charge in [0.25, 0.3) is 0 Å². The van der Waals surface area contributed by atoms with Gasteiger partial charge in [-0.3, -0.25) is 4.79 Å². The molecule has 110 valence electrons. The zero-order chi connectivity index (χ0) is 15.5. The van der Waals surface area contributed by atoms with E-state index in [1.54, 1.807) is 0 Å². The molecule has 1 aliphatic heterocycles. The number of carbonyl (C=O) groups is 1. The highest BCUT2D eigenvalue weighted by atomic mass is 19.1. The predicted molar refractivity (Wildman–Crippen MR) is 77.6 cm³/mol. The molecular formula is C17H13FN2O2. The third-order valence-corrected chi connectivity index (χ3v) is 3.65. The average molecular weight is 296 g/mol. The van der Waals surface area contributed by atoms with E-state index < -0.39 is 5.82 Å². The first-order valence-corrected chi connectivity index (χ1v) is 6.87. The maximum absolute atomic E-state index is 13.8. The van der Waals surface area contributed by atoms with Gasteiger partial charge < -0.3 is 10.1 Å². The minimum absolute atomic E-state index is 0.0784. The maximum atomic E-state index is 13.8. The number of nitriles is 1. The molecule has 0 aliphatic carbocycles. The summed E-state index contributed by atoms with van der Waals surface area (Å²) in [5.41, 5.74) is 1.45. The van der Waals surface area contributed by atoms with Crippen molar-refractivity contribution >= 4 is 5.91 Å². The highest BCUT2D eigenvalue weighted by molar-refractivity contribution is 5.85. The van der Waals surface area contributed by atoms with E-state index in [4.69, 9.17) is 10.00 Å². The number of carbonyl (C=O) groups excluding carboxylic acids is 1. The fraction of sp³-hybridized carbons (Fsp3) is 0.176. The molecule has 0 saturated carbocycles. The number of benzene rings is 2. The Labute approximate surface area is 127 Å². The summed E-state index contributed by atoms with van der Waals surface area (Å²) in [5, 5.41) is 11.4. The number of halogens is 1. The Morgan fingerprint density at radius 2 is 2.18 bits per heavy atom. The lowest BCUT2D eigenvalue weighted by atomic mass is 10.0. The number of nitrogens with zero attached hydrogens (tertiary/aromatic N) is 1. The van der Waals surface area contributed by atoms with E-state index in [1.165, 1.54) is 12.1 Å². The summed E-state index contributed by atoms with van der Waals surface area (Å²) >= 11 is 0. The van der Waals surface area contributed by atoms with Crippen molar-refractivity contribution in [2.75, 3.05) is 6.61 Å². The normalized spacial score (nSPS) is 15.5. The smallest absolute Gasteiger partial charge is 0.231 e. The summed E-state index contributed by atoms with van der Waals surface area (Å²) in [7, 11) is 0. The molecule has 0 spiro atoms. The Kier molecular flexibility index (Phi) is 3.75. The minimum Gasteiger partial charge on any atom is -0.492 e. The van der Waals surface area contributed by atoms with Crippen LogP contribution in [0.3, 0.4) is 0 Å². The predicted octanol–water partition coefficient (Wildman–Crippen LogP) is 2.49. The van der Waals surface area contributed by atoms with Gasteiger partial charge in [-0.15, -0.1) is 0 Å². The van der Waals surface area contributed by atoms with Crippen molar-refractivity contribution in [3.63, 3.8) is 0 Å². The molecule has 1 N–H and O–H groups in total. The van der Waals surface area contributed by atoms with Crippen LogP contribution in [0.15, 0.2) is 42.5 Å². The van der Waals surface area contributed by atoms with Gasteiger partial charge in [0.2, 0.25) is 5.91 Å². The summed E-state index contributed by atoms with van der Waals surface area (Å²) in [4.78, 5) is 12.2. The van der Waals surface area contributed by atoms with Crippen LogP contribution in [0, 0.1) is 17.1 Å². The molecule has 5 heteroatoms. The molecule has 0 saturated heterocycles. The first kappa shape index (κ1) is 14.1. The molecule has 0 aromatic heterocycles. The van der Waals surface area contributed by atoms with Gasteiger partial charge in [0, 0.05) is 17.7 Å². The van der Waals surface area contributed by atoms with Crippen molar-refractivity contribution in [1.29, 1.82) is 5.26 Å². The third kappa shape index (κ3) is 2.63. The number of rotatable bonds is 3. The molecule has 22 heavy (non-hydrogen) atoms. The van der Waals surface area contributed by atoms with Gasteiger partial charge in [-0.25, -0.2) is 4.39 Å². The van der Waals surface area contributed by atoms with Gasteiger partial charge in [0.1, 0.15) is 24.1 Å². The Hall–Kier alpha value is -2.87. The van der Waals surface area contributed by atoms with Crippen molar-refractivity contribution in [3.05, 3.63) is 65.0 Å². The number of amides is 1. The first-order valence-electron chi connectivity index (χ1n) is 6.87. The lowest BCUT2D eigenvalue weighted by Crippen LogP contribution is -2.30. The lowest BCUT2D eigenvalue weighted by Gasteiger charge is -2.11. The monoisotopic (exact) mass is 296 g/mol. The van der Waals surface area contributed by atoms with E-state index in [-0.39, 0.29) is 23.9 Å². The summed E-state index contributed by atoms with van der Waals surface area (Å²) in [6, 6.07) is 13.5. The van der Waals surface area contributed by atoms with Gasteiger partial charge in [0.05, 0.1) is 11.6 Å². The van der Waals surface area contributed by atoms with Crippen molar-refractivity contribution < 1.29 is 13.9 Å². The molecule has 2 aromatic rings. The van der Waals surface area contributed by atoms with Gasteiger partial charge in [0.15, 0.2) is 0 Å². The molecule has 1 aliphatic rings. The maximum Gasteiger partial charge on any atom is 0.231 e. The second-order valence-corrected chi connectivity index (χ2v) is 5.04. The minimum atomic E-state index is -0.498. The van der Waals surface area contributed by atoms with Gasteiger partial charge >= 0.3 is 0 Å². The van der Waals surface area contributed by atoms with Crippen LogP contribution in [0.25, 0.3) is 0 Å². The van der Waals surface area contributed by atoms with Crippen molar-refractivity contribution in [2.45, 2.75) is 12.5 Å². The molecule has 0 fully saturated rings. The van der Waals surface area contributed by atoms with Crippen LogP contribution in [0.4, 0.5) is 4.39 Å². The summed E-state index contributed by atoms with van der Waals surface area (Å²) < 4.78 is 19.2. The number of para-hydroxylation sites is 1. The highest BCUT2D eigenvalue weighted by Crippen LogP contribution is 2.33. The van der Waals surface area contributed by atoms with Crippen LogP contribution < -0.4 is 10.1 Å². The van der Waals surface area contributed by atoms with Crippen LogP contribution in [-0.4, -0.2) is 12.5 Å².